The standard InChI is InChI=1S/C12H19N5/c1-3-17-11(6-10(2)15-17)9-16-5-4-14-8-12(16)7-13/h6,12,14H,3-5,8-9H2,1-2H3. The summed E-state index contributed by atoms with van der Waals surface area (Å²) in [6.07, 6.45) is 0. The van der Waals surface area contributed by atoms with Crippen molar-refractivity contribution in [2.24, 2.45) is 0 Å². The van der Waals surface area contributed by atoms with Crippen molar-refractivity contribution in [3.8, 4) is 6.07 Å². The van der Waals surface area contributed by atoms with E-state index in [1.807, 2.05) is 11.6 Å². The maximum atomic E-state index is 9.12. The average Bonchev–Trinajstić information content (AvgIpc) is 2.70. The summed E-state index contributed by atoms with van der Waals surface area (Å²) in [7, 11) is 0. The molecule has 92 valence electrons. The Morgan fingerprint density at radius 2 is 2.47 bits per heavy atom. The van der Waals surface area contributed by atoms with E-state index in [0.717, 1.165) is 38.4 Å². The second kappa shape index (κ2) is 5.30. The molecule has 5 heteroatoms. The lowest BCUT2D eigenvalue weighted by Gasteiger charge is -2.31. The monoisotopic (exact) mass is 233 g/mol. The molecular formula is C12H19N5. The van der Waals surface area contributed by atoms with Crippen molar-refractivity contribution in [2.75, 3.05) is 19.6 Å². The van der Waals surface area contributed by atoms with Crippen LogP contribution in [0.4, 0.5) is 0 Å². The lowest BCUT2D eigenvalue weighted by Crippen LogP contribution is -2.50. The van der Waals surface area contributed by atoms with E-state index in [1.54, 1.807) is 0 Å². The number of nitriles is 1. The van der Waals surface area contributed by atoms with Gasteiger partial charge in [0.25, 0.3) is 0 Å². The third kappa shape index (κ3) is 2.65. The summed E-state index contributed by atoms with van der Waals surface area (Å²) < 4.78 is 2.02. The molecule has 0 aliphatic carbocycles. The maximum Gasteiger partial charge on any atom is 0.111 e. The van der Waals surface area contributed by atoms with Gasteiger partial charge in [-0.25, -0.2) is 0 Å². The molecular weight excluding hydrogens is 214 g/mol. The molecule has 2 heterocycles. The summed E-state index contributed by atoms with van der Waals surface area (Å²) >= 11 is 0. The van der Waals surface area contributed by atoms with E-state index in [4.69, 9.17) is 5.26 Å². The molecule has 17 heavy (non-hydrogen) atoms. The Balaban J connectivity index is 2.11. The molecule has 1 aromatic heterocycles. The third-order valence-electron chi connectivity index (χ3n) is 3.15. The molecule has 0 saturated carbocycles. The number of aromatic nitrogens is 2. The molecule has 1 aliphatic rings. The molecule has 1 aromatic rings. The normalized spacial score (nSPS) is 21.4. The number of piperazine rings is 1. The van der Waals surface area contributed by atoms with Crippen LogP contribution in [0.5, 0.6) is 0 Å². The van der Waals surface area contributed by atoms with E-state index >= 15 is 0 Å². The number of hydrogen-bond acceptors (Lipinski definition) is 4. The zero-order valence-corrected chi connectivity index (χ0v) is 10.5. The molecule has 1 saturated heterocycles. The van der Waals surface area contributed by atoms with Gasteiger partial charge in [-0.2, -0.15) is 10.4 Å². The van der Waals surface area contributed by atoms with Crippen LogP contribution in [0.3, 0.4) is 0 Å². The maximum absolute atomic E-state index is 9.12. The molecule has 2 rings (SSSR count). The summed E-state index contributed by atoms with van der Waals surface area (Å²) in [6.45, 7) is 8.44. The zero-order chi connectivity index (χ0) is 12.3. The van der Waals surface area contributed by atoms with Crippen molar-refractivity contribution >= 4 is 0 Å². The average molecular weight is 233 g/mol. The molecule has 0 spiro atoms. The van der Waals surface area contributed by atoms with Gasteiger partial charge in [0.1, 0.15) is 6.04 Å². The van der Waals surface area contributed by atoms with Crippen LogP contribution in [0, 0.1) is 18.3 Å². The van der Waals surface area contributed by atoms with E-state index in [-0.39, 0.29) is 6.04 Å². The molecule has 1 N–H and O–H groups in total. The van der Waals surface area contributed by atoms with Gasteiger partial charge in [0, 0.05) is 32.7 Å². The van der Waals surface area contributed by atoms with E-state index in [1.165, 1.54) is 5.69 Å². The third-order valence-corrected chi connectivity index (χ3v) is 3.15. The second-order valence-electron chi connectivity index (χ2n) is 4.41. The number of aryl methyl sites for hydroxylation is 2. The van der Waals surface area contributed by atoms with Gasteiger partial charge in [-0.15, -0.1) is 0 Å². The first kappa shape index (κ1) is 12.1. The highest BCUT2D eigenvalue weighted by atomic mass is 15.3. The van der Waals surface area contributed by atoms with E-state index in [2.05, 4.69) is 34.4 Å². The van der Waals surface area contributed by atoms with Crippen LogP contribution in [-0.2, 0) is 13.1 Å². The van der Waals surface area contributed by atoms with Gasteiger partial charge in [0.15, 0.2) is 0 Å². The smallest absolute Gasteiger partial charge is 0.111 e. The van der Waals surface area contributed by atoms with Gasteiger partial charge < -0.3 is 5.32 Å². The first-order valence-electron chi connectivity index (χ1n) is 6.12. The Morgan fingerprint density at radius 1 is 1.65 bits per heavy atom. The highest BCUT2D eigenvalue weighted by Gasteiger charge is 2.22. The molecule has 0 aromatic carbocycles. The molecule has 1 atom stereocenters. The lowest BCUT2D eigenvalue weighted by atomic mass is 10.2. The van der Waals surface area contributed by atoms with E-state index in [9.17, 15) is 0 Å². The largest absolute Gasteiger partial charge is 0.313 e. The highest BCUT2D eigenvalue weighted by molar-refractivity contribution is 5.10. The molecule has 1 unspecified atom stereocenters. The van der Waals surface area contributed by atoms with Crippen LogP contribution < -0.4 is 5.32 Å². The zero-order valence-electron chi connectivity index (χ0n) is 10.5. The predicted octanol–water partition coefficient (Wildman–Crippen LogP) is 0.509. The number of nitrogens with zero attached hydrogens (tertiary/aromatic N) is 4. The van der Waals surface area contributed by atoms with Crippen LogP contribution in [0.15, 0.2) is 6.07 Å². The molecule has 1 fully saturated rings. The summed E-state index contributed by atoms with van der Waals surface area (Å²) in [5.74, 6) is 0. The summed E-state index contributed by atoms with van der Waals surface area (Å²) in [6, 6.07) is 4.44. The Labute approximate surface area is 102 Å². The first-order chi connectivity index (χ1) is 8.24. The van der Waals surface area contributed by atoms with Crippen molar-refractivity contribution in [3.05, 3.63) is 17.5 Å². The minimum Gasteiger partial charge on any atom is -0.313 e. The van der Waals surface area contributed by atoms with E-state index < -0.39 is 0 Å². The fraction of sp³-hybridized carbons (Fsp3) is 0.667. The molecule has 0 amide bonds. The van der Waals surface area contributed by atoms with E-state index in [0.29, 0.717) is 0 Å². The van der Waals surface area contributed by atoms with Gasteiger partial charge in [-0.05, 0) is 19.9 Å². The van der Waals surface area contributed by atoms with Crippen LogP contribution in [0.25, 0.3) is 0 Å². The molecule has 0 radical (unpaired) electrons. The number of nitrogens with one attached hydrogen (secondary N) is 1. The van der Waals surface area contributed by atoms with Gasteiger partial charge in [0.05, 0.1) is 17.5 Å². The molecule has 5 nitrogen and oxygen atoms in total. The SMILES string of the molecule is CCn1nc(C)cc1CN1CCNCC1C#N. The quantitative estimate of drug-likeness (QED) is 0.826. The Hall–Kier alpha value is -1.38. The van der Waals surface area contributed by atoms with Crippen molar-refractivity contribution in [3.63, 3.8) is 0 Å². The van der Waals surface area contributed by atoms with Crippen molar-refractivity contribution < 1.29 is 0 Å². The second-order valence-corrected chi connectivity index (χ2v) is 4.41. The molecule has 0 bridgehead atoms. The Morgan fingerprint density at radius 3 is 3.18 bits per heavy atom. The van der Waals surface area contributed by atoms with Gasteiger partial charge in [-0.3, -0.25) is 9.58 Å². The lowest BCUT2D eigenvalue weighted by molar-refractivity contribution is 0.184. The summed E-state index contributed by atoms with van der Waals surface area (Å²) in [4.78, 5) is 2.22. The summed E-state index contributed by atoms with van der Waals surface area (Å²) in [5.41, 5.74) is 2.25. The van der Waals surface area contributed by atoms with Crippen LogP contribution >= 0.6 is 0 Å². The van der Waals surface area contributed by atoms with Crippen LogP contribution in [0.2, 0.25) is 0 Å². The number of hydrogen-bond donors (Lipinski definition) is 1. The fourth-order valence-electron chi connectivity index (χ4n) is 2.27. The van der Waals surface area contributed by atoms with Crippen molar-refractivity contribution in [2.45, 2.75) is 33.0 Å². The Bertz CT molecular complexity index is 417. The van der Waals surface area contributed by atoms with Crippen molar-refractivity contribution in [1.82, 2.24) is 20.0 Å². The minimum atomic E-state index is -0.0238. The minimum absolute atomic E-state index is 0.0238. The highest BCUT2D eigenvalue weighted by Crippen LogP contribution is 2.11. The Kier molecular flexibility index (Phi) is 3.77. The first-order valence-corrected chi connectivity index (χ1v) is 6.12. The fourth-order valence-corrected chi connectivity index (χ4v) is 2.27. The predicted molar refractivity (Wildman–Crippen MR) is 65.3 cm³/mol. The van der Waals surface area contributed by atoms with Crippen molar-refractivity contribution in [1.29, 1.82) is 5.26 Å². The molecule has 1 aliphatic heterocycles. The van der Waals surface area contributed by atoms with Gasteiger partial charge in [-0.1, -0.05) is 0 Å². The number of rotatable bonds is 3. The summed E-state index contributed by atoms with van der Waals surface area (Å²) in [5, 5.41) is 16.8. The van der Waals surface area contributed by atoms with Crippen LogP contribution in [-0.4, -0.2) is 40.4 Å². The van der Waals surface area contributed by atoms with Gasteiger partial charge >= 0.3 is 0 Å². The van der Waals surface area contributed by atoms with Crippen LogP contribution in [0.1, 0.15) is 18.3 Å². The van der Waals surface area contributed by atoms with Gasteiger partial charge in [0.2, 0.25) is 0 Å². The topological polar surface area (TPSA) is 56.9 Å².